The van der Waals surface area contributed by atoms with Crippen LogP contribution in [0.25, 0.3) is 0 Å². The van der Waals surface area contributed by atoms with Crippen molar-refractivity contribution in [2.45, 2.75) is 59.1 Å². The second-order valence-corrected chi connectivity index (χ2v) is 5.12. The Kier molecular flexibility index (Phi) is 7.59. The lowest BCUT2D eigenvalue weighted by Gasteiger charge is -2.22. The van der Waals surface area contributed by atoms with E-state index in [9.17, 15) is 9.59 Å². The average Bonchev–Trinajstić information content (AvgIpc) is 2.22. The number of hydrogen-bond donors (Lipinski definition) is 1. The normalized spacial score (nSPS) is 12.9. The standard InChI is InChI=1S/C13H25NO4/c1-6-17-9-7-8-11(15)14-10(2)12(16)18-13(3,4)5/h10H,6-9H2,1-5H3,(H,14,15)/t10-/m0/s1. The zero-order chi connectivity index (χ0) is 14.2. The Balaban J connectivity index is 3.89. The first kappa shape index (κ1) is 16.9. The number of carbonyl (C=O) groups is 2. The van der Waals surface area contributed by atoms with E-state index < -0.39 is 17.6 Å². The number of esters is 1. The van der Waals surface area contributed by atoms with E-state index in [1.54, 1.807) is 27.7 Å². The monoisotopic (exact) mass is 259 g/mol. The van der Waals surface area contributed by atoms with Crippen LogP contribution in [0.3, 0.4) is 0 Å². The molecule has 0 aromatic rings. The van der Waals surface area contributed by atoms with Crippen molar-refractivity contribution in [1.29, 1.82) is 0 Å². The Morgan fingerprint density at radius 1 is 1.28 bits per heavy atom. The molecule has 0 aliphatic rings. The van der Waals surface area contributed by atoms with Gasteiger partial charge in [-0.3, -0.25) is 4.79 Å². The van der Waals surface area contributed by atoms with E-state index >= 15 is 0 Å². The van der Waals surface area contributed by atoms with E-state index in [0.717, 1.165) is 0 Å². The summed E-state index contributed by atoms with van der Waals surface area (Å²) in [5, 5.41) is 2.61. The van der Waals surface area contributed by atoms with Gasteiger partial charge in [0.25, 0.3) is 0 Å². The van der Waals surface area contributed by atoms with Crippen molar-refractivity contribution in [2.75, 3.05) is 13.2 Å². The van der Waals surface area contributed by atoms with Crippen LogP contribution in [-0.2, 0) is 19.1 Å². The van der Waals surface area contributed by atoms with Gasteiger partial charge >= 0.3 is 5.97 Å². The summed E-state index contributed by atoms with van der Waals surface area (Å²) in [6.07, 6.45) is 1.01. The summed E-state index contributed by atoms with van der Waals surface area (Å²) >= 11 is 0. The quantitative estimate of drug-likeness (QED) is 0.557. The van der Waals surface area contributed by atoms with Crippen LogP contribution in [0.2, 0.25) is 0 Å². The highest BCUT2D eigenvalue weighted by Crippen LogP contribution is 2.08. The van der Waals surface area contributed by atoms with Gasteiger partial charge in [-0.2, -0.15) is 0 Å². The van der Waals surface area contributed by atoms with Crippen LogP contribution in [0.15, 0.2) is 0 Å². The summed E-state index contributed by atoms with van der Waals surface area (Å²) in [6.45, 7) is 10.1. The van der Waals surface area contributed by atoms with Crippen molar-refractivity contribution in [3.05, 3.63) is 0 Å². The van der Waals surface area contributed by atoms with Crippen LogP contribution >= 0.6 is 0 Å². The van der Waals surface area contributed by atoms with Crippen LogP contribution in [-0.4, -0.2) is 36.7 Å². The third kappa shape index (κ3) is 8.98. The summed E-state index contributed by atoms with van der Waals surface area (Å²) in [5.74, 6) is -0.575. The van der Waals surface area contributed by atoms with Crippen LogP contribution in [0.4, 0.5) is 0 Å². The molecule has 1 atom stereocenters. The molecule has 106 valence electrons. The zero-order valence-electron chi connectivity index (χ0n) is 12.0. The molecule has 0 aromatic carbocycles. The smallest absolute Gasteiger partial charge is 0.328 e. The Morgan fingerprint density at radius 3 is 2.39 bits per heavy atom. The van der Waals surface area contributed by atoms with Crippen LogP contribution in [0, 0.1) is 0 Å². The van der Waals surface area contributed by atoms with E-state index in [1.165, 1.54) is 0 Å². The molecule has 0 bridgehead atoms. The second kappa shape index (κ2) is 8.08. The van der Waals surface area contributed by atoms with Gasteiger partial charge in [0.1, 0.15) is 11.6 Å². The van der Waals surface area contributed by atoms with Gasteiger partial charge in [-0.05, 0) is 41.0 Å². The minimum absolute atomic E-state index is 0.159. The molecule has 1 N–H and O–H groups in total. The van der Waals surface area contributed by atoms with Crippen LogP contribution in [0.5, 0.6) is 0 Å². The predicted molar refractivity (Wildman–Crippen MR) is 69.2 cm³/mol. The molecular formula is C13H25NO4. The Bertz CT molecular complexity index is 271. The lowest BCUT2D eigenvalue weighted by atomic mass is 10.2. The van der Waals surface area contributed by atoms with E-state index in [0.29, 0.717) is 26.1 Å². The minimum Gasteiger partial charge on any atom is -0.458 e. The molecule has 0 heterocycles. The summed E-state index contributed by atoms with van der Waals surface area (Å²) in [7, 11) is 0. The SMILES string of the molecule is CCOCCCC(=O)N[C@@H](C)C(=O)OC(C)(C)C. The summed E-state index contributed by atoms with van der Waals surface area (Å²) in [5.41, 5.74) is -0.537. The first-order valence-electron chi connectivity index (χ1n) is 6.36. The molecule has 5 nitrogen and oxygen atoms in total. The molecule has 1 amide bonds. The topological polar surface area (TPSA) is 64.6 Å². The molecule has 0 spiro atoms. The molecule has 0 rings (SSSR count). The van der Waals surface area contributed by atoms with Crippen molar-refractivity contribution < 1.29 is 19.1 Å². The largest absolute Gasteiger partial charge is 0.458 e. The van der Waals surface area contributed by atoms with Gasteiger partial charge < -0.3 is 14.8 Å². The fourth-order valence-electron chi connectivity index (χ4n) is 1.24. The molecule has 0 saturated heterocycles. The first-order valence-corrected chi connectivity index (χ1v) is 6.36. The number of hydrogen-bond acceptors (Lipinski definition) is 4. The van der Waals surface area contributed by atoms with E-state index in [-0.39, 0.29) is 5.91 Å². The van der Waals surface area contributed by atoms with Crippen molar-refractivity contribution in [1.82, 2.24) is 5.32 Å². The third-order valence-electron chi connectivity index (χ3n) is 2.03. The summed E-state index contributed by atoms with van der Waals surface area (Å²) in [4.78, 5) is 23.1. The maximum atomic E-state index is 11.6. The lowest BCUT2D eigenvalue weighted by Crippen LogP contribution is -2.42. The number of nitrogens with one attached hydrogen (secondary N) is 1. The van der Waals surface area contributed by atoms with Crippen molar-refractivity contribution >= 4 is 11.9 Å². The number of rotatable bonds is 7. The fourth-order valence-corrected chi connectivity index (χ4v) is 1.24. The Hall–Kier alpha value is -1.10. The van der Waals surface area contributed by atoms with Crippen LogP contribution < -0.4 is 5.32 Å². The highest BCUT2D eigenvalue weighted by Gasteiger charge is 2.22. The van der Waals surface area contributed by atoms with Gasteiger partial charge in [-0.25, -0.2) is 4.79 Å². The van der Waals surface area contributed by atoms with E-state index in [4.69, 9.17) is 9.47 Å². The lowest BCUT2D eigenvalue weighted by molar-refractivity contribution is -0.158. The molecule has 0 unspecified atom stereocenters. The molecule has 18 heavy (non-hydrogen) atoms. The van der Waals surface area contributed by atoms with Gasteiger partial charge in [-0.1, -0.05) is 0 Å². The molecule has 0 aromatic heterocycles. The minimum atomic E-state index is -0.621. The van der Waals surface area contributed by atoms with E-state index in [2.05, 4.69) is 5.32 Å². The third-order valence-corrected chi connectivity index (χ3v) is 2.03. The maximum Gasteiger partial charge on any atom is 0.328 e. The van der Waals surface area contributed by atoms with Crippen molar-refractivity contribution in [3.8, 4) is 0 Å². The molecule has 0 saturated carbocycles. The van der Waals surface area contributed by atoms with Crippen LogP contribution in [0.1, 0.15) is 47.5 Å². The number of ether oxygens (including phenoxy) is 2. The number of carbonyl (C=O) groups excluding carboxylic acids is 2. The molecule has 0 aliphatic heterocycles. The van der Waals surface area contributed by atoms with E-state index in [1.807, 2.05) is 6.92 Å². The molecule has 0 radical (unpaired) electrons. The second-order valence-electron chi connectivity index (χ2n) is 5.12. The fraction of sp³-hybridized carbons (Fsp3) is 0.846. The van der Waals surface area contributed by atoms with Gasteiger partial charge in [0, 0.05) is 19.6 Å². The summed E-state index contributed by atoms with van der Waals surface area (Å²) < 4.78 is 10.3. The Labute approximate surface area is 109 Å². The predicted octanol–water partition coefficient (Wildman–Crippen LogP) is 1.65. The van der Waals surface area contributed by atoms with Crippen molar-refractivity contribution in [3.63, 3.8) is 0 Å². The first-order chi connectivity index (χ1) is 8.26. The van der Waals surface area contributed by atoms with Crippen molar-refractivity contribution in [2.24, 2.45) is 0 Å². The number of amides is 1. The zero-order valence-corrected chi connectivity index (χ0v) is 12.0. The van der Waals surface area contributed by atoms with Gasteiger partial charge in [0.05, 0.1) is 0 Å². The van der Waals surface area contributed by atoms with Gasteiger partial charge in [0.2, 0.25) is 5.91 Å². The van der Waals surface area contributed by atoms with Gasteiger partial charge in [0.15, 0.2) is 0 Å². The molecule has 0 fully saturated rings. The average molecular weight is 259 g/mol. The van der Waals surface area contributed by atoms with Gasteiger partial charge in [-0.15, -0.1) is 0 Å². The Morgan fingerprint density at radius 2 is 1.89 bits per heavy atom. The molecule has 5 heteroatoms. The maximum absolute atomic E-state index is 11.6. The molecule has 0 aliphatic carbocycles. The highest BCUT2D eigenvalue weighted by atomic mass is 16.6. The summed E-state index contributed by atoms with van der Waals surface area (Å²) in [6, 6.07) is -0.621. The molecular weight excluding hydrogens is 234 g/mol. The highest BCUT2D eigenvalue weighted by molar-refractivity contribution is 5.84.